The van der Waals surface area contributed by atoms with Gasteiger partial charge in [0.15, 0.2) is 0 Å². The second kappa shape index (κ2) is 5.65. The third kappa shape index (κ3) is 3.19. The number of benzene rings is 2. The minimum Gasteiger partial charge on any atom is -0.0619 e. The van der Waals surface area contributed by atoms with Crippen molar-refractivity contribution in [1.29, 1.82) is 0 Å². The van der Waals surface area contributed by atoms with Crippen LogP contribution in [-0.2, 0) is 6.42 Å². The van der Waals surface area contributed by atoms with E-state index in [1.807, 2.05) is 6.07 Å². The third-order valence-electron chi connectivity index (χ3n) is 2.38. The van der Waals surface area contributed by atoms with E-state index >= 15 is 0 Å². The number of halogens is 2. The number of hydrogen-bond donors (Lipinski definition) is 0. The fraction of sp³-hybridized carbons (Fsp3) is 0.0714. The van der Waals surface area contributed by atoms with E-state index in [2.05, 4.69) is 80.7 Å². The Balaban J connectivity index is 2.02. The highest BCUT2D eigenvalue weighted by atomic mass is 79.9. The van der Waals surface area contributed by atoms with E-state index in [1.165, 1.54) is 11.1 Å². The van der Waals surface area contributed by atoms with Crippen LogP contribution in [0.1, 0.15) is 11.1 Å². The van der Waals surface area contributed by atoms with Gasteiger partial charge in [-0.05, 0) is 42.2 Å². The summed E-state index contributed by atoms with van der Waals surface area (Å²) in [5.74, 6) is 0. The Morgan fingerprint density at radius 2 is 1.56 bits per heavy atom. The lowest BCUT2D eigenvalue weighted by molar-refractivity contribution is 1.16. The lowest BCUT2D eigenvalue weighted by Gasteiger charge is -2.04. The largest absolute Gasteiger partial charge is 0.0619 e. The van der Waals surface area contributed by atoms with Gasteiger partial charge in [-0.1, -0.05) is 62.2 Å². The zero-order valence-corrected chi connectivity index (χ0v) is 11.8. The molecule has 0 saturated carbocycles. The van der Waals surface area contributed by atoms with Crippen LogP contribution in [0.25, 0.3) is 0 Å². The third-order valence-corrected chi connectivity index (χ3v) is 3.63. The van der Waals surface area contributed by atoms with Crippen LogP contribution in [0.2, 0.25) is 0 Å². The summed E-state index contributed by atoms with van der Waals surface area (Å²) in [6.07, 6.45) is 3.18. The van der Waals surface area contributed by atoms with Crippen molar-refractivity contribution in [2.24, 2.45) is 0 Å². The molecule has 1 radical (unpaired) electrons. The molecule has 0 unspecified atom stereocenters. The molecule has 2 rings (SSSR count). The van der Waals surface area contributed by atoms with Crippen molar-refractivity contribution in [3.05, 3.63) is 75.0 Å². The van der Waals surface area contributed by atoms with Gasteiger partial charge >= 0.3 is 0 Å². The molecule has 0 heterocycles. The fourth-order valence-corrected chi connectivity index (χ4v) is 2.20. The molecule has 0 spiro atoms. The van der Waals surface area contributed by atoms with Gasteiger partial charge < -0.3 is 0 Å². The second-order valence-corrected chi connectivity index (χ2v) is 5.33. The minimum absolute atomic E-state index is 0.954. The average molecular weight is 339 g/mol. The second-order valence-electron chi connectivity index (χ2n) is 3.56. The van der Waals surface area contributed by atoms with Crippen LogP contribution in [0.3, 0.4) is 0 Å². The van der Waals surface area contributed by atoms with Gasteiger partial charge in [0.1, 0.15) is 0 Å². The minimum atomic E-state index is 0.954. The van der Waals surface area contributed by atoms with Crippen LogP contribution >= 0.6 is 31.9 Å². The quantitative estimate of drug-likeness (QED) is 0.738. The highest BCUT2D eigenvalue weighted by Gasteiger charge is 1.99. The topological polar surface area (TPSA) is 0 Å². The molecule has 0 fully saturated rings. The molecule has 0 aliphatic heterocycles. The van der Waals surface area contributed by atoms with Crippen molar-refractivity contribution in [3.63, 3.8) is 0 Å². The van der Waals surface area contributed by atoms with E-state index in [4.69, 9.17) is 0 Å². The number of hydrogen-bond acceptors (Lipinski definition) is 0. The zero-order chi connectivity index (χ0) is 11.4. The molecule has 81 valence electrons. The van der Waals surface area contributed by atoms with Crippen molar-refractivity contribution in [1.82, 2.24) is 0 Å². The lowest BCUT2D eigenvalue weighted by atomic mass is 10.0. The monoisotopic (exact) mass is 337 g/mol. The normalized spacial score (nSPS) is 10.4. The first-order valence-corrected chi connectivity index (χ1v) is 6.66. The molecule has 2 aromatic carbocycles. The summed E-state index contributed by atoms with van der Waals surface area (Å²) in [6.45, 7) is 0. The summed E-state index contributed by atoms with van der Waals surface area (Å²) in [5, 5.41) is 0. The van der Waals surface area contributed by atoms with Crippen molar-refractivity contribution in [2.45, 2.75) is 6.42 Å². The van der Waals surface area contributed by atoms with E-state index in [-0.39, 0.29) is 0 Å². The van der Waals surface area contributed by atoms with Crippen molar-refractivity contribution >= 4 is 31.9 Å². The molecule has 0 N–H and O–H groups in total. The first kappa shape index (κ1) is 11.9. The van der Waals surface area contributed by atoms with Gasteiger partial charge in [-0.2, -0.15) is 0 Å². The van der Waals surface area contributed by atoms with E-state index in [0.29, 0.717) is 0 Å². The Kier molecular flexibility index (Phi) is 4.19. The van der Waals surface area contributed by atoms with Crippen LogP contribution in [-0.4, -0.2) is 0 Å². The van der Waals surface area contributed by atoms with E-state index in [1.54, 1.807) is 0 Å². The van der Waals surface area contributed by atoms with Gasteiger partial charge in [0.25, 0.3) is 0 Å². The van der Waals surface area contributed by atoms with Gasteiger partial charge in [0, 0.05) is 8.95 Å². The van der Waals surface area contributed by atoms with Crippen LogP contribution in [0, 0.1) is 6.42 Å². The Morgan fingerprint density at radius 1 is 0.875 bits per heavy atom. The summed E-state index contributed by atoms with van der Waals surface area (Å²) in [5.41, 5.74) is 2.56. The Morgan fingerprint density at radius 3 is 2.25 bits per heavy atom. The molecular weight excluding hydrogens is 328 g/mol. The van der Waals surface area contributed by atoms with Gasteiger partial charge in [0.05, 0.1) is 0 Å². The van der Waals surface area contributed by atoms with Crippen molar-refractivity contribution in [2.75, 3.05) is 0 Å². The fourth-order valence-electron chi connectivity index (χ4n) is 1.49. The summed E-state index contributed by atoms with van der Waals surface area (Å²) in [7, 11) is 0. The highest BCUT2D eigenvalue weighted by molar-refractivity contribution is 9.10. The van der Waals surface area contributed by atoms with Crippen LogP contribution in [0.5, 0.6) is 0 Å². The van der Waals surface area contributed by atoms with Crippen LogP contribution < -0.4 is 0 Å². The molecule has 2 aromatic rings. The molecule has 0 aliphatic carbocycles. The van der Waals surface area contributed by atoms with E-state index in [9.17, 15) is 0 Å². The first-order valence-electron chi connectivity index (χ1n) is 5.08. The number of rotatable bonds is 3. The first-order chi connectivity index (χ1) is 7.75. The summed E-state index contributed by atoms with van der Waals surface area (Å²) < 4.78 is 2.27. The van der Waals surface area contributed by atoms with Gasteiger partial charge in [-0.15, -0.1) is 0 Å². The standard InChI is InChI=1S/C14H11Br2/c15-13-9-6-11(7-10-13)5-8-12-3-1-2-4-14(12)16/h1-4,6-10H,5H2. The van der Waals surface area contributed by atoms with E-state index < -0.39 is 0 Å². The van der Waals surface area contributed by atoms with Crippen LogP contribution in [0.4, 0.5) is 0 Å². The Labute approximate surface area is 113 Å². The molecule has 0 atom stereocenters. The van der Waals surface area contributed by atoms with Gasteiger partial charge in [-0.25, -0.2) is 0 Å². The molecule has 0 amide bonds. The smallest absolute Gasteiger partial charge is 0.0210 e. The molecule has 0 aliphatic rings. The Bertz CT molecular complexity index is 460. The van der Waals surface area contributed by atoms with E-state index in [0.717, 1.165) is 15.4 Å². The molecule has 0 bridgehead atoms. The van der Waals surface area contributed by atoms with Crippen molar-refractivity contribution < 1.29 is 0 Å². The zero-order valence-electron chi connectivity index (χ0n) is 8.66. The van der Waals surface area contributed by atoms with Gasteiger partial charge in [-0.3, -0.25) is 0 Å². The summed E-state index contributed by atoms with van der Waals surface area (Å²) in [4.78, 5) is 0. The van der Waals surface area contributed by atoms with Crippen molar-refractivity contribution in [3.8, 4) is 0 Å². The molecule has 2 heteroatoms. The summed E-state index contributed by atoms with van der Waals surface area (Å²) >= 11 is 6.98. The summed E-state index contributed by atoms with van der Waals surface area (Å²) in [6, 6.07) is 16.7. The lowest BCUT2D eigenvalue weighted by Crippen LogP contribution is -1.89. The molecule has 0 nitrogen and oxygen atoms in total. The maximum Gasteiger partial charge on any atom is 0.0210 e. The molecule has 0 saturated heterocycles. The van der Waals surface area contributed by atoms with Gasteiger partial charge in [0.2, 0.25) is 0 Å². The molecular formula is C14H11Br2. The Hall–Kier alpha value is -0.600. The highest BCUT2D eigenvalue weighted by Crippen LogP contribution is 2.20. The molecule has 16 heavy (non-hydrogen) atoms. The van der Waals surface area contributed by atoms with Crippen LogP contribution in [0.15, 0.2) is 57.5 Å². The predicted molar refractivity (Wildman–Crippen MR) is 75.4 cm³/mol. The molecule has 0 aromatic heterocycles. The maximum atomic E-state index is 3.54. The SMILES string of the molecule is Brc1ccc(C[CH]c2ccccc2Br)cc1. The maximum absolute atomic E-state index is 3.54. The average Bonchev–Trinajstić information content (AvgIpc) is 2.30. The predicted octanol–water partition coefficient (Wildman–Crippen LogP) is 5.01.